The van der Waals surface area contributed by atoms with Crippen molar-refractivity contribution in [1.29, 1.82) is 0 Å². The van der Waals surface area contributed by atoms with Crippen molar-refractivity contribution >= 4 is 11.0 Å². The summed E-state index contributed by atoms with van der Waals surface area (Å²) in [6.45, 7) is 7.35. The third-order valence-corrected chi connectivity index (χ3v) is 3.20. The zero-order chi connectivity index (χ0) is 15.5. The molecule has 5 nitrogen and oxygen atoms in total. The summed E-state index contributed by atoms with van der Waals surface area (Å²) < 4.78 is 11.0. The largest absolute Gasteiger partial charge is 0.463 e. The van der Waals surface area contributed by atoms with Crippen LogP contribution in [0.2, 0.25) is 0 Å². The monoisotopic (exact) mass is 295 g/mol. The number of aryl methyl sites for hydroxylation is 1. The Morgan fingerprint density at radius 2 is 1.82 bits per heavy atom. The number of aromatic nitrogens is 3. The number of ether oxygens (including phenoxy) is 2. The Morgan fingerprint density at radius 1 is 1.14 bits per heavy atom. The standard InChI is InChI=1S/C17H17N3O2/c1-4-21-13(3)22-17-10-9-12(2)11-16(17)20-18-14-7-5-6-8-15(14)19-20/h4-11,13H,1H2,2-3H3. The maximum absolute atomic E-state index is 5.80. The van der Waals surface area contributed by atoms with Crippen LogP contribution in [0.25, 0.3) is 16.7 Å². The van der Waals surface area contributed by atoms with Crippen molar-refractivity contribution in [2.24, 2.45) is 0 Å². The van der Waals surface area contributed by atoms with Crippen molar-refractivity contribution < 1.29 is 9.47 Å². The number of fused-ring (bicyclic) bond motifs is 1. The number of hydrogen-bond donors (Lipinski definition) is 0. The third-order valence-electron chi connectivity index (χ3n) is 3.20. The number of hydrogen-bond acceptors (Lipinski definition) is 4. The van der Waals surface area contributed by atoms with E-state index in [2.05, 4.69) is 16.8 Å². The molecule has 3 rings (SSSR count). The van der Waals surface area contributed by atoms with E-state index in [4.69, 9.17) is 9.47 Å². The summed E-state index contributed by atoms with van der Waals surface area (Å²) in [5.41, 5.74) is 3.55. The molecule has 0 aliphatic rings. The van der Waals surface area contributed by atoms with E-state index in [-0.39, 0.29) is 0 Å². The van der Waals surface area contributed by atoms with E-state index in [9.17, 15) is 0 Å². The van der Waals surface area contributed by atoms with Crippen molar-refractivity contribution in [2.45, 2.75) is 20.1 Å². The van der Waals surface area contributed by atoms with Gasteiger partial charge in [-0.2, -0.15) is 0 Å². The molecule has 5 heteroatoms. The molecule has 0 fully saturated rings. The molecule has 1 atom stereocenters. The molecule has 0 saturated heterocycles. The molecule has 1 unspecified atom stereocenters. The van der Waals surface area contributed by atoms with E-state index in [1.54, 1.807) is 11.7 Å². The Labute approximate surface area is 128 Å². The SMILES string of the molecule is C=COC(C)Oc1ccc(C)cc1-n1nc2ccccc2n1. The summed E-state index contributed by atoms with van der Waals surface area (Å²) in [6.07, 6.45) is 0.919. The molecule has 0 aliphatic heterocycles. The van der Waals surface area contributed by atoms with Gasteiger partial charge in [0.15, 0.2) is 5.75 Å². The molecular formula is C17H17N3O2. The number of benzene rings is 2. The van der Waals surface area contributed by atoms with Gasteiger partial charge in [-0.15, -0.1) is 15.0 Å². The number of rotatable bonds is 5. The predicted molar refractivity (Wildman–Crippen MR) is 85.0 cm³/mol. The molecule has 1 aromatic heterocycles. The van der Waals surface area contributed by atoms with E-state index < -0.39 is 6.29 Å². The summed E-state index contributed by atoms with van der Waals surface area (Å²) >= 11 is 0. The van der Waals surface area contributed by atoms with Crippen LogP contribution < -0.4 is 4.74 Å². The molecule has 0 spiro atoms. The first kappa shape index (κ1) is 14.1. The molecule has 0 N–H and O–H groups in total. The fraction of sp³-hybridized carbons (Fsp3) is 0.176. The lowest BCUT2D eigenvalue weighted by Crippen LogP contribution is -2.15. The van der Waals surface area contributed by atoms with E-state index in [1.807, 2.05) is 49.4 Å². The van der Waals surface area contributed by atoms with Gasteiger partial charge in [0, 0.05) is 6.92 Å². The Balaban J connectivity index is 2.04. The summed E-state index contributed by atoms with van der Waals surface area (Å²) in [6, 6.07) is 13.6. The molecule has 0 bridgehead atoms. The van der Waals surface area contributed by atoms with E-state index >= 15 is 0 Å². The average Bonchev–Trinajstić information content (AvgIpc) is 2.93. The summed E-state index contributed by atoms with van der Waals surface area (Å²) in [4.78, 5) is 1.59. The first-order valence-electron chi connectivity index (χ1n) is 7.03. The van der Waals surface area contributed by atoms with Crippen molar-refractivity contribution in [2.75, 3.05) is 0 Å². The van der Waals surface area contributed by atoms with E-state index in [0.717, 1.165) is 22.3 Å². The fourth-order valence-electron chi connectivity index (χ4n) is 2.19. The van der Waals surface area contributed by atoms with Crippen molar-refractivity contribution in [3.63, 3.8) is 0 Å². The smallest absolute Gasteiger partial charge is 0.237 e. The van der Waals surface area contributed by atoms with Gasteiger partial charge in [-0.1, -0.05) is 24.8 Å². The van der Waals surface area contributed by atoms with Crippen LogP contribution >= 0.6 is 0 Å². The molecule has 2 aromatic carbocycles. The van der Waals surface area contributed by atoms with Gasteiger partial charge < -0.3 is 9.47 Å². The maximum Gasteiger partial charge on any atom is 0.237 e. The Kier molecular flexibility index (Phi) is 3.78. The maximum atomic E-state index is 5.80. The van der Waals surface area contributed by atoms with Crippen LogP contribution in [0, 0.1) is 6.92 Å². The summed E-state index contributed by atoms with van der Waals surface area (Å²) in [5.74, 6) is 0.653. The van der Waals surface area contributed by atoms with Crippen molar-refractivity contribution in [3.05, 3.63) is 60.9 Å². The average molecular weight is 295 g/mol. The lowest BCUT2D eigenvalue weighted by molar-refractivity contribution is -0.0133. The van der Waals surface area contributed by atoms with Crippen molar-refractivity contribution in [3.8, 4) is 11.4 Å². The lowest BCUT2D eigenvalue weighted by atomic mass is 10.2. The zero-order valence-corrected chi connectivity index (χ0v) is 12.6. The van der Waals surface area contributed by atoms with Crippen LogP contribution in [0.5, 0.6) is 5.75 Å². The molecule has 0 saturated carbocycles. The normalized spacial score (nSPS) is 12.1. The number of nitrogens with zero attached hydrogens (tertiary/aromatic N) is 3. The third kappa shape index (κ3) is 2.79. The highest BCUT2D eigenvalue weighted by Gasteiger charge is 2.13. The molecule has 112 valence electrons. The highest BCUT2D eigenvalue weighted by molar-refractivity contribution is 5.73. The minimum Gasteiger partial charge on any atom is -0.463 e. The first-order chi connectivity index (χ1) is 10.7. The van der Waals surface area contributed by atoms with Crippen LogP contribution in [0.15, 0.2) is 55.3 Å². The zero-order valence-electron chi connectivity index (χ0n) is 12.6. The molecular weight excluding hydrogens is 278 g/mol. The van der Waals surface area contributed by atoms with Gasteiger partial charge in [-0.3, -0.25) is 0 Å². The Hall–Kier alpha value is -2.82. The molecule has 22 heavy (non-hydrogen) atoms. The van der Waals surface area contributed by atoms with Gasteiger partial charge in [0.2, 0.25) is 6.29 Å². The second kappa shape index (κ2) is 5.89. The second-order valence-electron chi connectivity index (χ2n) is 4.94. The lowest BCUT2D eigenvalue weighted by Gasteiger charge is -2.16. The minimum absolute atomic E-state index is 0.441. The molecule has 0 aliphatic carbocycles. The van der Waals surface area contributed by atoms with Gasteiger partial charge in [0.05, 0.1) is 6.26 Å². The topological polar surface area (TPSA) is 49.2 Å². The van der Waals surface area contributed by atoms with Crippen molar-refractivity contribution in [1.82, 2.24) is 15.0 Å². The Morgan fingerprint density at radius 3 is 2.45 bits per heavy atom. The van der Waals surface area contributed by atoms with E-state index in [1.165, 1.54) is 6.26 Å². The minimum atomic E-state index is -0.441. The van der Waals surface area contributed by atoms with Crippen LogP contribution in [-0.4, -0.2) is 21.3 Å². The van der Waals surface area contributed by atoms with Crippen LogP contribution in [0.3, 0.4) is 0 Å². The fourth-order valence-corrected chi connectivity index (χ4v) is 2.19. The Bertz CT molecular complexity index is 778. The molecule has 0 radical (unpaired) electrons. The van der Waals surface area contributed by atoms with E-state index in [0.29, 0.717) is 5.75 Å². The van der Waals surface area contributed by atoms with Crippen LogP contribution in [0.4, 0.5) is 0 Å². The second-order valence-corrected chi connectivity index (χ2v) is 4.94. The summed E-state index contributed by atoms with van der Waals surface area (Å²) in [7, 11) is 0. The van der Waals surface area contributed by atoms with Gasteiger partial charge >= 0.3 is 0 Å². The first-order valence-corrected chi connectivity index (χ1v) is 7.03. The van der Waals surface area contributed by atoms with Gasteiger partial charge in [-0.05, 0) is 36.8 Å². The molecule has 0 amide bonds. The van der Waals surface area contributed by atoms with Crippen LogP contribution in [-0.2, 0) is 4.74 Å². The molecule has 1 heterocycles. The van der Waals surface area contributed by atoms with Gasteiger partial charge in [0.25, 0.3) is 0 Å². The van der Waals surface area contributed by atoms with Gasteiger partial charge in [0.1, 0.15) is 16.7 Å². The quantitative estimate of drug-likeness (QED) is 0.533. The highest BCUT2D eigenvalue weighted by Crippen LogP contribution is 2.25. The summed E-state index contributed by atoms with van der Waals surface area (Å²) in [5, 5.41) is 9.01. The predicted octanol–water partition coefficient (Wildman–Crippen LogP) is 3.61. The molecule has 3 aromatic rings. The highest BCUT2D eigenvalue weighted by atomic mass is 16.7. The van der Waals surface area contributed by atoms with Crippen LogP contribution in [0.1, 0.15) is 12.5 Å². The van der Waals surface area contributed by atoms with Gasteiger partial charge in [-0.25, -0.2) is 0 Å².